The van der Waals surface area contributed by atoms with Gasteiger partial charge in [0.15, 0.2) is 5.69 Å². The zero-order chi connectivity index (χ0) is 18.8. The van der Waals surface area contributed by atoms with Gasteiger partial charge in [-0.25, -0.2) is 9.07 Å². The van der Waals surface area contributed by atoms with Crippen LogP contribution in [0.25, 0.3) is 5.69 Å². The highest BCUT2D eigenvalue weighted by Crippen LogP contribution is 2.21. The maximum Gasteiger partial charge on any atom is 0.274 e. The molecule has 1 amide bonds. The molecule has 1 heterocycles. The minimum absolute atomic E-state index is 0.232. The summed E-state index contributed by atoms with van der Waals surface area (Å²) >= 11 is 6.17. The van der Waals surface area contributed by atoms with Crippen LogP contribution in [0.15, 0.2) is 42.5 Å². The Labute approximate surface area is 155 Å². The summed E-state index contributed by atoms with van der Waals surface area (Å²) < 4.78 is 14.6. The molecule has 0 unspecified atom stereocenters. The quantitative estimate of drug-likeness (QED) is 0.747. The maximum atomic E-state index is 13.0. The third-order valence-corrected chi connectivity index (χ3v) is 4.63. The summed E-state index contributed by atoms with van der Waals surface area (Å²) in [7, 11) is 0. The molecule has 0 aliphatic carbocycles. The Morgan fingerprint density at radius 2 is 1.88 bits per heavy atom. The van der Waals surface area contributed by atoms with E-state index in [0.29, 0.717) is 10.7 Å². The SMILES string of the molecule is Cc1ccc(-n2nnc(C(=O)N[C@@H](C)c3ccc(F)cc3)c2C)cc1Cl. The van der Waals surface area contributed by atoms with E-state index in [-0.39, 0.29) is 23.5 Å². The van der Waals surface area contributed by atoms with Gasteiger partial charge in [-0.2, -0.15) is 0 Å². The van der Waals surface area contributed by atoms with Gasteiger partial charge in [-0.05, 0) is 56.2 Å². The lowest BCUT2D eigenvalue weighted by Crippen LogP contribution is -2.27. The number of rotatable bonds is 4. The monoisotopic (exact) mass is 372 g/mol. The zero-order valence-electron chi connectivity index (χ0n) is 14.6. The van der Waals surface area contributed by atoms with Gasteiger partial charge in [-0.1, -0.05) is 35.0 Å². The van der Waals surface area contributed by atoms with E-state index in [1.165, 1.54) is 12.1 Å². The minimum atomic E-state index is -0.344. The molecule has 1 N–H and O–H groups in total. The van der Waals surface area contributed by atoms with E-state index < -0.39 is 0 Å². The summed E-state index contributed by atoms with van der Waals surface area (Å²) in [5.74, 6) is -0.661. The number of nitrogens with one attached hydrogen (secondary N) is 1. The minimum Gasteiger partial charge on any atom is -0.344 e. The molecule has 134 valence electrons. The van der Waals surface area contributed by atoms with Crippen molar-refractivity contribution < 1.29 is 9.18 Å². The van der Waals surface area contributed by atoms with Crippen LogP contribution in [0.1, 0.15) is 40.3 Å². The molecule has 0 bridgehead atoms. The molecule has 7 heteroatoms. The van der Waals surface area contributed by atoms with Gasteiger partial charge in [0.25, 0.3) is 5.91 Å². The van der Waals surface area contributed by atoms with Crippen molar-refractivity contribution in [2.45, 2.75) is 26.8 Å². The molecule has 0 saturated carbocycles. The number of carbonyl (C=O) groups excluding carboxylic acids is 1. The van der Waals surface area contributed by atoms with Gasteiger partial charge in [0.05, 0.1) is 17.4 Å². The van der Waals surface area contributed by atoms with E-state index >= 15 is 0 Å². The Morgan fingerprint density at radius 1 is 1.19 bits per heavy atom. The number of hydrogen-bond acceptors (Lipinski definition) is 3. The number of hydrogen-bond donors (Lipinski definition) is 1. The van der Waals surface area contributed by atoms with Gasteiger partial charge < -0.3 is 5.32 Å². The summed E-state index contributed by atoms with van der Waals surface area (Å²) in [4.78, 5) is 12.6. The van der Waals surface area contributed by atoms with Crippen molar-refractivity contribution in [3.63, 3.8) is 0 Å². The summed E-state index contributed by atoms with van der Waals surface area (Å²) in [6.07, 6.45) is 0. The van der Waals surface area contributed by atoms with Crippen LogP contribution in [-0.2, 0) is 0 Å². The molecule has 1 atom stereocenters. The smallest absolute Gasteiger partial charge is 0.274 e. The van der Waals surface area contributed by atoms with Crippen LogP contribution in [0.5, 0.6) is 0 Å². The summed E-state index contributed by atoms with van der Waals surface area (Å²) in [5.41, 5.74) is 3.33. The lowest BCUT2D eigenvalue weighted by molar-refractivity contribution is 0.0934. The van der Waals surface area contributed by atoms with Crippen molar-refractivity contribution in [3.8, 4) is 5.69 Å². The summed E-state index contributed by atoms with van der Waals surface area (Å²) in [5, 5.41) is 11.5. The third-order valence-electron chi connectivity index (χ3n) is 4.23. The predicted octanol–water partition coefficient (Wildman–Crippen LogP) is 4.17. The first-order valence-electron chi connectivity index (χ1n) is 8.12. The van der Waals surface area contributed by atoms with Crippen LogP contribution in [-0.4, -0.2) is 20.9 Å². The molecule has 0 aliphatic heterocycles. The highest BCUT2D eigenvalue weighted by atomic mass is 35.5. The molecule has 0 fully saturated rings. The number of halogens is 2. The normalized spacial score (nSPS) is 12.0. The molecule has 3 aromatic rings. The summed E-state index contributed by atoms with van der Waals surface area (Å²) in [6, 6.07) is 11.2. The van der Waals surface area contributed by atoms with Crippen LogP contribution < -0.4 is 5.32 Å². The molecule has 0 spiro atoms. The van der Waals surface area contributed by atoms with E-state index in [9.17, 15) is 9.18 Å². The topological polar surface area (TPSA) is 59.8 Å². The second kappa shape index (κ2) is 7.25. The second-order valence-electron chi connectivity index (χ2n) is 6.12. The van der Waals surface area contributed by atoms with Crippen LogP contribution in [0.4, 0.5) is 4.39 Å². The fourth-order valence-electron chi connectivity index (χ4n) is 2.60. The first-order valence-corrected chi connectivity index (χ1v) is 8.49. The number of nitrogens with zero attached hydrogens (tertiary/aromatic N) is 3. The second-order valence-corrected chi connectivity index (χ2v) is 6.52. The van der Waals surface area contributed by atoms with Crippen LogP contribution in [0, 0.1) is 19.7 Å². The maximum absolute atomic E-state index is 13.0. The lowest BCUT2D eigenvalue weighted by Gasteiger charge is -2.13. The van der Waals surface area contributed by atoms with Crippen LogP contribution in [0.3, 0.4) is 0 Å². The number of amides is 1. The Balaban J connectivity index is 1.81. The Bertz CT molecular complexity index is 953. The standard InChI is InChI=1S/C19H18ClFN4O/c1-11-4-9-16(10-17(11)20)25-13(3)18(23-24-25)19(26)22-12(2)14-5-7-15(21)8-6-14/h4-10,12H,1-3H3,(H,22,26)/t12-/m0/s1. The van der Waals surface area contributed by atoms with E-state index in [4.69, 9.17) is 11.6 Å². The third kappa shape index (κ3) is 3.60. The Morgan fingerprint density at radius 3 is 2.54 bits per heavy atom. The van der Waals surface area contributed by atoms with E-state index in [1.54, 1.807) is 29.8 Å². The molecular weight excluding hydrogens is 355 g/mol. The molecule has 0 radical (unpaired) electrons. The van der Waals surface area contributed by atoms with Crippen molar-refractivity contribution in [3.05, 3.63) is 75.8 Å². The molecule has 5 nitrogen and oxygen atoms in total. The predicted molar refractivity (Wildman–Crippen MR) is 98.1 cm³/mol. The number of aromatic nitrogens is 3. The van der Waals surface area contributed by atoms with E-state index in [0.717, 1.165) is 16.8 Å². The molecule has 26 heavy (non-hydrogen) atoms. The van der Waals surface area contributed by atoms with Crippen molar-refractivity contribution in [2.75, 3.05) is 0 Å². The Kier molecular flexibility index (Phi) is 5.04. The van der Waals surface area contributed by atoms with Gasteiger partial charge in [0.2, 0.25) is 0 Å². The average Bonchev–Trinajstić information content (AvgIpc) is 2.99. The van der Waals surface area contributed by atoms with E-state index in [1.807, 2.05) is 26.0 Å². The largest absolute Gasteiger partial charge is 0.344 e. The molecule has 0 aliphatic rings. The van der Waals surface area contributed by atoms with Gasteiger partial charge >= 0.3 is 0 Å². The summed E-state index contributed by atoms with van der Waals surface area (Å²) in [6.45, 7) is 5.51. The van der Waals surface area contributed by atoms with Crippen molar-refractivity contribution >= 4 is 17.5 Å². The Hall–Kier alpha value is -2.73. The molecule has 2 aromatic carbocycles. The first-order chi connectivity index (χ1) is 12.4. The fourth-order valence-corrected chi connectivity index (χ4v) is 2.77. The van der Waals surface area contributed by atoms with Crippen LogP contribution in [0.2, 0.25) is 5.02 Å². The zero-order valence-corrected chi connectivity index (χ0v) is 15.4. The highest BCUT2D eigenvalue weighted by molar-refractivity contribution is 6.31. The number of carbonyl (C=O) groups is 1. The fraction of sp³-hybridized carbons (Fsp3) is 0.211. The van der Waals surface area contributed by atoms with Crippen LogP contribution >= 0.6 is 11.6 Å². The average molecular weight is 373 g/mol. The molecular formula is C19H18ClFN4O. The van der Waals surface area contributed by atoms with Gasteiger partial charge in [0.1, 0.15) is 5.82 Å². The first kappa shape index (κ1) is 18.1. The number of aryl methyl sites for hydroxylation is 1. The van der Waals surface area contributed by atoms with E-state index in [2.05, 4.69) is 15.6 Å². The molecule has 3 rings (SSSR count). The van der Waals surface area contributed by atoms with Crippen molar-refractivity contribution in [1.29, 1.82) is 0 Å². The number of benzene rings is 2. The van der Waals surface area contributed by atoms with Gasteiger partial charge in [-0.15, -0.1) is 5.10 Å². The van der Waals surface area contributed by atoms with Crippen molar-refractivity contribution in [2.24, 2.45) is 0 Å². The van der Waals surface area contributed by atoms with Gasteiger partial charge in [0, 0.05) is 5.02 Å². The molecule has 1 aromatic heterocycles. The molecule has 0 saturated heterocycles. The highest BCUT2D eigenvalue weighted by Gasteiger charge is 2.19. The van der Waals surface area contributed by atoms with Crippen molar-refractivity contribution in [1.82, 2.24) is 20.3 Å². The van der Waals surface area contributed by atoms with Gasteiger partial charge in [-0.3, -0.25) is 4.79 Å². The lowest BCUT2D eigenvalue weighted by atomic mass is 10.1.